The smallest absolute Gasteiger partial charge is 0.413 e. The summed E-state index contributed by atoms with van der Waals surface area (Å²) >= 11 is 1.13. The zero-order chi connectivity index (χ0) is 20.6. The van der Waals surface area contributed by atoms with Gasteiger partial charge in [-0.3, -0.25) is 5.32 Å². The number of hydrogen-bond acceptors (Lipinski definition) is 8. The van der Waals surface area contributed by atoms with Crippen molar-refractivity contribution >= 4 is 34.2 Å². The van der Waals surface area contributed by atoms with E-state index in [1.807, 2.05) is 30.3 Å². The molecule has 8 nitrogen and oxygen atoms in total. The van der Waals surface area contributed by atoms with E-state index < -0.39 is 17.7 Å². The van der Waals surface area contributed by atoms with Gasteiger partial charge in [0.15, 0.2) is 5.13 Å². The average molecular weight is 405 g/mol. The second-order valence-corrected chi connectivity index (χ2v) is 7.44. The minimum absolute atomic E-state index is 0.0775. The first kappa shape index (κ1) is 21.4. The number of nitrogens with one attached hydrogen (secondary N) is 1. The number of benzene rings is 1. The van der Waals surface area contributed by atoms with Crippen LogP contribution in [-0.4, -0.2) is 35.0 Å². The number of oxime groups is 1. The molecule has 0 aliphatic rings. The largest absolute Gasteiger partial charge is 0.461 e. The molecule has 0 saturated heterocycles. The van der Waals surface area contributed by atoms with E-state index in [-0.39, 0.29) is 29.8 Å². The maximum atomic E-state index is 12.2. The molecule has 28 heavy (non-hydrogen) atoms. The third-order valence-electron chi connectivity index (χ3n) is 3.05. The van der Waals surface area contributed by atoms with Gasteiger partial charge in [-0.05, 0) is 33.3 Å². The summed E-state index contributed by atoms with van der Waals surface area (Å²) < 4.78 is 10.2. The second kappa shape index (κ2) is 9.84. The van der Waals surface area contributed by atoms with Gasteiger partial charge in [0.1, 0.15) is 17.9 Å². The van der Waals surface area contributed by atoms with E-state index in [0.717, 1.165) is 16.9 Å². The van der Waals surface area contributed by atoms with E-state index in [4.69, 9.17) is 14.3 Å². The number of anilines is 1. The molecule has 0 radical (unpaired) electrons. The first-order valence-electron chi connectivity index (χ1n) is 8.65. The molecule has 0 fully saturated rings. The predicted octanol–water partition coefficient (Wildman–Crippen LogP) is 3.97. The van der Waals surface area contributed by atoms with E-state index in [2.05, 4.69) is 15.5 Å². The van der Waals surface area contributed by atoms with E-state index in [9.17, 15) is 9.59 Å². The summed E-state index contributed by atoms with van der Waals surface area (Å²) in [5.41, 5.74) is 0.432. The Labute approximate surface area is 167 Å². The number of ether oxygens (including phenoxy) is 2. The Kier molecular flexibility index (Phi) is 7.51. The van der Waals surface area contributed by atoms with Crippen LogP contribution in [0, 0.1) is 0 Å². The predicted molar refractivity (Wildman–Crippen MR) is 106 cm³/mol. The number of carbonyl (C=O) groups is 2. The highest BCUT2D eigenvalue weighted by Crippen LogP contribution is 2.18. The molecule has 1 aromatic heterocycles. The maximum Gasteiger partial charge on any atom is 0.413 e. The molecule has 2 aromatic rings. The molecule has 0 atom stereocenters. The van der Waals surface area contributed by atoms with E-state index in [1.54, 1.807) is 33.1 Å². The van der Waals surface area contributed by atoms with Crippen molar-refractivity contribution in [2.24, 2.45) is 5.16 Å². The zero-order valence-corrected chi connectivity index (χ0v) is 17.0. The van der Waals surface area contributed by atoms with Crippen molar-refractivity contribution in [3.8, 4) is 0 Å². The summed E-state index contributed by atoms with van der Waals surface area (Å²) in [4.78, 5) is 33.6. The summed E-state index contributed by atoms with van der Waals surface area (Å²) in [5.74, 6) is -0.662. The zero-order valence-electron chi connectivity index (χ0n) is 16.2. The van der Waals surface area contributed by atoms with Gasteiger partial charge in [0.2, 0.25) is 5.71 Å². The number of nitrogens with zero attached hydrogens (tertiary/aromatic N) is 2. The Morgan fingerprint density at radius 3 is 2.57 bits per heavy atom. The lowest BCUT2D eigenvalue weighted by Gasteiger charge is -2.18. The highest BCUT2D eigenvalue weighted by atomic mass is 32.1. The summed E-state index contributed by atoms with van der Waals surface area (Å²) in [5, 5.41) is 8.27. The van der Waals surface area contributed by atoms with Gasteiger partial charge in [-0.2, -0.15) is 0 Å². The first-order valence-corrected chi connectivity index (χ1v) is 9.53. The topological polar surface area (TPSA) is 99.1 Å². The molecule has 0 aliphatic heterocycles. The Morgan fingerprint density at radius 2 is 1.93 bits per heavy atom. The van der Waals surface area contributed by atoms with Crippen molar-refractivity contribution < 1.29 is 23.9 Å². The van der Waals surface area contributed by atoms with Crippen molar-refractivity contribution in [3.63, 3.8) is 0 Å². The number of aromatic nitrogens is 1. The van der Waals surface area contributed by atoms with Gasteiger partial charge in [0.05, 0.1) is 6.61 Å². The molecule has 1 amide bonds. The minimum atomic E-state index is -0.662. The Bertz CT molecular complexity index is 828. The van der Waals surface area contributed by atoms with Crippen LogP contribution in [-0.2, 0) is 25.7 Å². The number of rotatable bonds is 7. The molecular formula is C19H23N3O5S. The van der Waals surface area contributed by atoms with Gasteiger partial charge in [0.25, 0.3) is 0 Å². The van der Waals surface area contributed by atoms with Gasteiger partial charge in [-0.25, -0.2) is 14.6 Å². The van der Waals surface area contributed by atoms with E-state index in [1.165, 1.54) is 0 Å². The molecule has 150 valence electrons. The van der Waals surface area contributed by atoms with Gasteiger partial charge in [-0.1, -0.05) is 35.5 Å². The molecule has 2 rings (SSSR count). The monoisotopic (exact) mass is 405 g/mol. The second-order valence-electron chi connectivity index (χ2n) is 6.58. The van der Waals surface area contributed by atoms with Crippen molar-refractivity contribution in [1.29, 1.82) is 0 Å². The quantitative estimate of drug-likeness (QED) is 0.425. The Balaban J connectivity index is 2.10. The summed E-state index contributed by atoms with van der Waals surface area (Å²) in [6.07, 6.45) is -0.636. The average Bonchev–Trinajstić information content (AvgIpc) is 3.06. The summed E-state index contributed by atoms with van der Waals surface area (Å²) in [6, 6.07) is 9.41. The number of esters is 1. The molecule has 0 saturated carbocycles. The van der Waals surface area contributed by atoms with Crippen molar-refractivity contribution in [3.05, 3.63) is 47.0 Å². The summed E-state index contributed by atoms with van der Waals surface area (Å²) in [6.45, 7) is 7.35. The molecule has 0 aliphatic carbocycles. The fraction of sp³-hybridized carbons (Fsp3) is 0.368. The van der Waals surface area contributed by atoms with Gasteiger partial charge in [-0.15, -0.1) is 11.3 Å². The fourth-order valence-corrected chi connectivity index (χ4v) is 2.65. The number of carbonyl (C=O) groups excluding carboxylic acids is 2. The van der Waals surface area contributed by atoms with Crippen LogP contribution in [0.2, 0.25) is 0 Å². The molecule has 1 N–H and O–H groups in total. The molecule has 0 unspecified atom stereocenters. The standard InChI is InChI=1S/C19H23N3O5S/c1-5-25-16(23)15(22-26-11-13-9-7-6-8-10-13)14-12-28-17(20-14)21-18(24)27-19(2,3)4/h6-10,12H,5,11H2,1-4H3,(H,20,21,24)/b22-15-. The molecule has 0 bridgehead atoms. The lowest BCUT2D eigenvalue weighted by Crippen LogP contribution is -2.27. The molecule has 1 aromatic carbocycles. The van der Waals surface area contributed by atoms with Crippen LogP contribution >= 0.6 is 11.3 Å². The van der Waals surface area contributed by atoms with Crippen LogP contribution in [0.15, 0.2) is 40.9 Å². The highest BCUT2D eigenvalue weighted by Gasteiger charge is 2.22. The normalized spacial score (nSPS) is 11.6. The molecule has 0 spiro atoms. The van der Waals surface area contributed by atoms with Crippen molar-refractivity contribution in [1.82, 2.24) is 4.98 Å². The van der Waals surface area contributed by atoms with Crippen LogP contribution in [0.3, 0.4) is 0 Å². The van der Waals surface area contributed by atoms with Gasteiger partial charge in [0, 0.05) is 5.38 Å². The number of amides is 1. The maximum absolute atomic E-state index is 12.2. The summed E-state index contributed by atoms with van der Waals surface area (Å²) in [7, 11) is 0. The number of hydrogen-bond donors (Lipinski definition) is 1. The molecule has 1 heterocycles. The Hall–Kier alpha value is -2.94. The van der Waals surface area contributed by atoms with Crippen LogP contribution < -0.4 is 5.32 Å². The molecular weight excluding hydrogens is 382 g/mol. The van der Waals surface area contributed by atoms with Gasteiger partial charge < -0.3 is 14.3 Å². The third-order valence-corrected chi connectivity index (χ3v) is 3.81. The lowest BCUT2D eigenvalue weighted by atomic mass is 10.2. The Morgan fingerprint density at radius 1 is 1.21 bits per heavy atom. The first-order chi connectivity index (χ1) is 13.3. The number of thiazole rings is 1. The van der Waals surface area contributed by atoms with Crippen LogP contribution in [0.1, 0.15) is 39.0 Å². The molecule has 9 heteroatoms. The van der Waals surface area contributed by atoms with Crippen molar-refractivity contribution in [2.45, 2.75) is 39.9 Å². The van der Waals surface area contributed by atoms with Gasteiger partial charge >= 0.3 is 12.1 Å². The van der Waals surface area contributed by atoms with Crippen LogP contribution in [0.5, 0.6) is 0 Å². The van der Waals surface area contributed by atoms with Crippen LogP contribution in [0.25, 0.3) is 0 Å². The fourth-order valence-electron chi connectivity index (χ4n) is 1.96. The van der Waals surface area contributed by atoms with E-state index in [0.29, 0.717) is 0 Å². The lowest BCUT2D eigenvalue weighted by molar-refractivity contribution is -0.135. The van der Waals surface area contributed by atoms with E-state index >= 15 is 0 Å². The third kappa shape index (κ3) is 6.99. The minimum Gasteiger partial charge on any atom is -0.461 e. The van der Waals surface area contributed by atoms with Crippen molar-refractivity contribution in [2.75, 3.05) is 11.9 Å². The SMILES string of the molecule is CCOC(=O)/C(=N\OCc1ccccc1)c1csc(NC(=O)OC(C)(C)C)n1. The highest BCUT2D eigenvalue weighted by molar-refractivity contribution is 7.14. The van der Waals surface area contributed by atoms with Crippen LogP contribution in [0.4, 0.5) is 9.93 Å².